The Bertz CT molecular complexity index is 1520. The number of primary sulfonamides is 1. The van der Waals surface area contributed by atoms with Crippen molar-refractivity contribution in [2.45, 2.75) is 30.7 Å². The standard InChI is InChI=1S/C26H24N4O7S/c1-17-5-9-20(10-6-17)29-24(31)16-23(26(29)33)28(25(32)19-3-2-4-21(15-19)30(34)35)14-13-18-7-11-22(12-8-18)38(27,36)37/h2-12,15,23H,13-14,16H2,1H3,(H2,27,36,37). The largest absolute Gasteiger partial charge is 0.326 e. The third kappa shape index (κ3) is 5.61. The highest BCUT2D eigenvalue weighted by molar-refractivity contribution is 7.89. The van der Waals surface area contributed by atoms with Crippen LogP contribution in [-0.4, -0.2) is 48.5 Å². The minimum absolute atomic E-state index is 0.00203. The number of nitrogens with zero attached hydrogens (tertiary/aromatic N) is 3. The maximum absolute atomic E-state index is 13.6. The lowest BCUT2D eigenvalue weighted by Gasteiger charge is -2.28. The van der Waals surface area contributed by atoms with E-state index in [0.717, 1.165) is 16.5 Å². The second-order valence-electron chi connectivity index (χ2n) is 8.87. The van der Waals surface area contributed by atoms with Gasteiger partial charge in [0.1, 0.15) is 6.04 Å². The van der Waals surface area contributed by atoms with Gasteiger partial charge in [-0.3, -0.25) is 24.5 Å². The van der Waals surface area contributed by atoms with E-state index in [2.05, 4.69) is 0 Å². The number of benzene rings is 3. The monoisotopic (exact) mass is 536 g/mol. The van der Waals surface area contributed by atoms with Gasteiger partial charge >= 0.3 is 0 Å². The molecular weight excluding hydrogens is 512 g/mol. The molecule has 0 aromatic heterocycles. The zero-order valence-electron chi connectivity index (χ0n) is 20.3. The minimum atomic E-state index is -3.88. The molecule has 2 N–H and O–H groups in total. The van der Waals surface area contributed by atoms with Crippen LogP contribution in [0, 0.1) is 17.0 Å². The van der Waals surface area contributed by atoms with Gasteiger partial charge in [0.15, 0.2) is 0 Å². The van der Waals surface area contributed by atoms with Crippen LogP contribution in [0.2, 0.25) is 0 Å². The van der Waals surface area contributed by atoms with E-state index in [0.29, 0.717) is 11.3 Å². The van der Waals surface area contributed by atoms with Crippen molar-refractivity contribution >= 4 is 39.1 Å². The molecule has 0 saturated carbocycles. The van der Waals surface area contributed by atoms with Gasteiger partial charge in [-0.2, -0.15) is 0 Å². The van der Waals surface area contributed by atoms with Crippen molar-refractivity contribution in [3.05, 3.63) is 99.6 Å². The Morgan fingerprint density at radius 2 is 1.74 bits per heavy atom. The van der Waals surface area contributed by atoms with Crippen molar-refractivity contribution in [3.63, 3.8) is 0 Å². The van der Waals surface area contributed by atoms with Gasteiger partial charge in [-0.1, -0.05) is 35.9 Å². The van der Waals surface area contributed by atoms with Crippen LogP contribution in [0.15, 0.2) is 77.7 Å². The molecule has 0 aliphatic carbocycles. The first-order valence-corrected chi connectivity index (χ1v) is 13.1. The van der Waals surface area contributed by atoms with Crippen LogP contribution in [0.3, 0.4) is 0 Å². The SMILES string of the molecule is Cc1ccc(N2C(=O)CC(N(CCc3ccc(S(N)(=O)=O)cc3)C(=O)c3cccc([N+](=O)[O-])c3)C2=O)cc1. The summed E-state index contributed by atoms with van der Waals surface area (Å²) in [5.74, 6) is -1.70. The van der Waals surface area contributed by atoms with Crippen LogP contribution in [0.25, 0.3) is 0 Å². The first kappa shape index (κ1) is 26.6. The number of amides is 3. The molecule has 3 aromatic rings. The molecule has 1 aliphatic heterocycles. The van der Waals surface area contributed by atoms with Crippen molar-refractivity contribution in [1.29, 1.82) is 0 Å². The Kier molecular flexibility index (Phi) is 7.37. The van der Waals surface area contributed by atoms with Gasteiger partial charge in [-0.05, 0) is 49.2 Å². The van der Waals surface area contributed by atoms with Gasteiger partial charge in [-0.15, -0.1) is 0 Å². The summed E-state index contributed by atoms with van der Waals surface area (Å²) in [6.45, 7) is 1.86. The van der Waals surface area contributed by atoms with Crippen LogP contribution in [-0.2, 0) is 26.0 Å². The summed E-state index contributed by atoms with van der Waals surface area (Å²) in [6, 6.07) is 16.6. The van der Waals surface area contributed by atoms with Crippen LogP contribution in [0.4, 0.5) is 11.4 Å². The van der Waals surface area contributed by atoms with Gasteiger partial charge in [0.05, 0.1) is 21.9 Å². The van der Waals surface area contributed by atoms with Gasteiger partial charge in [0.2, 0.25) is 15.9 Å². The van der Waals surface area contributed by atoms with Crippen LogP contribution >= 0.6 is 0 Å². The highest BCUT2D eigenvalue weighted by atomic mass is 32.2. The molecule has 1 unspecified atom stereocenters. The summed E-state index contributed by atoms with van der Waals surface area (Å²) in [4.78, 5) is 52.8. The lowest BCUT2D eigenvalue weighted by atomic mass is 10.1. The molecular formula is C26H24N4O7S. The van der Waals surface area contributed by atoms with E-state index < -0.39 is 38.7 Å². The molecule has 0 radical (unpaired) electrons. The molecule has 1 saturated heterocycles. The molecule has 1 aliphatic rings. The van der Waals surface area contributed by atoms with Gasteiger partial charge < -0.3 is 4.90 Å². The quantitative estimate of drug-likeness (QED) is 0.263. The number of rotatable bonds is 8. The van der Waals surface area contributed by atoms with Gasteiger partial charge in [0, 0.05) is 24.2 Å². The zero-order valence-corrected chi connectivity index (χ0v) is 21.1. The van der Waals surface area contributed by atoms with E-state index in [4.69, 9.17) is 5.14 Å². The number of carbonyl (C=O) groups excluding carboxylic acids is 3. The molecule has 4 rings (SSSR count). The third-order valence-corrected chi connectivity index (χ3v) is 7.18. The molecule has 1 heterocycles. The summed E-state index contributed by atoms with van der Waals surface area (Å²) in [6.07, 6.45) is -0.0359. The maximum atomic E-state index is 13.6. The molecule has 3 amide bonds. The van der Waals surface area contributed by atoms with E-state index in [-0.39, 0.29) is 35.5 Å². The zero-order chi connectivity index (χ0) is 27.6. The molecule has 1 fully saturated rings. The number of imide groups is 1. The van der Waals surface area contributed by atoms with E-state index in [1.807, 2.05) is 6.92 Å². The Labute approximate surface area is 218 Å². The lowest BCUT2D eigenvalue weighted by Crippen LogP contribution is -2.46. The third-order valence-electron chi connectivity index (χ3n) is 6.25. The van der Waals surface area contributed by atoms with E-state index in [9.17, 15) is 32.9 Å². The second kappa shape index (κ2) is 10.5. The average molecular weight is 537 g/mol. The molecule has 0 spiro atoms. The first-order chi connectivity index (χ1) is 18.0. The van der Waals surface area contributed by atoms with Gasteiger partial charge in [-0.25, -0.2) is 18.5 Å². The van der Waals surface area contributed by atoms with Crippen molar-refractivity contribution in [3.8, 4) is 0 Å². The molecule has 3 aromatic carbocycles. The number of non-ortho nitro benzene ring substituents is 1. The fourth-order valence-corrected chi connectivity index (χ4v) is 4.75. The van der Waals surface area contributed by atoms with Crippen molar-refractivity contribution in [2.75, 3.05) is 11.4 Å². The summed E-state index contributed by atoms with van der Waals surface area (Å²) < 4.78 is 23.1. The predicted molar refractivity (Wildman–Crippen MR) is 138 cm³/mol. The Hall–Kier alpha value is -4.42. The van der Waals surface area contributed by atoms with Crippen LogP contribution in [0.5, 0.6) is 0 Å². The summed E-state index contributed by atoms with van der Waals surface area (Å²) >= 11 is 0. The number of nitro benzene ring substituents is 1. The molecule has 12 heteroatoms. The molecule has 11 nitrogen and oxygen atoms in total. The minimum Gasteiger partial charge on any atom is -0.326 e. The van der Waals surface area contributed by atoms with Crippen LogP contribution < -0.4 is 10.0 Å². The highest BCUT2D eigenvalue weighted by Gasteiger charge is 2.44. The predicted octanol–water partition coefficient (Wildman–Crippen LogP) is 2.57. The summed E-state index contributed by atoms with van der Waals surface area (Å²) in [7, 11) is -3.88. The Morgan fingerprint density at radius 3 is 2.34 bits per heavy atom. The summed E-state index contributed by atoms with van der Waals surface area (Å²) in [5, 5.41) is 16.4. The number of aryl methyl sites for hydroxylation is 1. The first-order valence-electron chi connectivity index (χ1n) is 11.6. The second-order valence-corrected chi connectivity index (χ2v) is 10.4. The lowest BCUT2D eigenvalue weighted by molar-refractivity contribution is -0.384. The number of sulfonamides is 1. The number of carbonyl (C=O) groups is 3. The van der Waals surface area contributed by atoms with E-state index in [1.165, 1.54) is 47.4 Å². The van der Waals surface area contributed by atoms with Crippen molar-refractivity contribution in [2.24, 2.45) is 5.14 Å². The molecule has 196 valence electrons. The Balaban J connectivity index is 1.65. The van der Waals surface area contributed by atoms with E-state index >= 15 is 0 Å². The highest BCUT2D eigenvalue weighted by Crippen LogP contribution is 2.28. The number of nitro groups is 1. The number of anilines is 1. The van der Waals surface area contributed by atoms with Gasteiger partial charge in [0.25, 0.3) is 17.5 Å². The summed E-state index contributed by atoms with van der Waals surface area (Å²) in [5.41, 5.74) is 1.69. The van der Waals surface area contributed by atoms with E-state index in [1.54, 1.807) is 24.3 Å². The number of nitrogens with two attached hydrogens (primary N) is 1. The fraction of sp³-hybridized carbons (Fsp3) is 0.192. The van der Waals surface area contributed by atoms with Crippen molar-refractivity contribution < 1.29 is 27.7 Å². The smallest absolute Gasteiger partial charge is 0.270 e. The molecule has 1 atom stereocenters. The average Bonchev–Trinajstić information content (AvgIpc) is 3.17. The number of hydrogen-bond donors (Lipinski definition) is 1. The fourth-order valence-electron chi connectivity index (χ4n) is 4.24. The topological polar surface area (TPSA) is 161 Å². The molecule has 0 bridgehead atoms. The van der Waals surface area contributed by atoms with Crippen molar-refractivity contribution in [1.82, 2.24) is 4.90 Å². The normalized spacial score (nSPS) is 15.5. The Morgan fingerprint density at radius 1 is 1.08 bits per heavy atom. The number of hydrogen-bond acceptors (Lipinski definition) is 7. The van der Waals surface area contributed by atoms with Crippen LogP contribution in [0.1, 0.15) is 27.9 Å². The molecule has 38 heavy (non-hydrogen) atoms. The maximum Gasteiger partial charge on any atom is 0.270 e.